The highest BCUT2D eigenvalue weighted by atomic mass is 19.2. The highest BCUT2D eigenvalue weighted by Gasteiger charge is 2.15. The molecule has 0 aliphatic carbocycles. The third-order valence-corrected chi connectivity index (χ3v) is 2.31. The first-order chi connectivity index (χ1) is 7.99. The van der Waals surface area contributed by atoms with Gasteiger partial charge in [-0.3, -0.25) is 0 Å². The van der Waals surface area contributed by atoms with E-state index < -0.39 is 11.6 Å². The molecule has 90 valence electrons. The molecule has 0 radical (unpaired) electrons. The molecule has 0 spiro atoms. The van der Waals surface area contributed by atoms with Gasteiger partial charge in [0.25, 0.3) is 0 Å². The lowest BCUT2D eigenvalue weighted by Gasteiger charge is -2.14. The Bertz CT molecular complexity index is 552. The molecule has 0 bridgehead atoms. The summed E-state index contributed by atoms with van der Waals surface area (Å²) in [5, 5.41) is 3.65. The molecule has 0 saturated carbocycles. The molecule has 1 heterocycles. The molecular formula is C11H11F2N3O. The van der Waals surface area contributed by atoms with E-state index in [4.69, 9.17) is 5.73 Å². The fraction of sp³-hybridized carbons (Fsp3) is 0.182. The van der Waals surface area contributed by atoms with Gasteiger partial charge in [-0.05, 0) is 12.1 Å². The molecule has 6 heteroatoms. The molecule has 0 aliphatic heterocycles. The van der Waals surface area contributed by atoms with Gasteiger partial charge >= 0.3 is 0 Å². The second kappa shape index (κ2) is 4.04. The maximum Gasteiger partial charge on any atom is 0.222 e. The van der Waals surface area contributed by atoms with Crippen LogP contribution in [0.5, 0.6) is 0 Å². The van der Waals surface area contributed by atoms with Gasteiger partial charge in [0.05, 0.1) is 5.69 Å². The van der Waals surface area contributed by atoms with Crippen LogP contribution in [0.25, 0.3) is 11.3 Å². The number of nitrogens with two attached hydrogens (primary N) is 1. The maximum absolute atomic E-state index is 13.5. The third kappa shape index (κ3) is 2.06. The monoisotopic (exact) mass is 239 g/mol. The minimum atomic E-state index is -0.937. The molecule has 0 amide bonds. The Labute approximate surface area is 96.6 Å². The highest BCUT2D eigenvalue weighted by molar-refractivity contribution is 5.67. The van der Waals surface area contributed by atoms with Gasteiger partial charge in [0.1, 0.15) is 5.69 Å². The number of hydrogen-bond acceptors (Lipinski definition) is 4. The fourth-order valence-corrected chi connectivity index (χ4v) is 1.47. The number of nitrogens with zero attached hydrogens (tertiary/aromatic N) is 2. The lowest BCUT2D eigenvalue weighted by molar-refractivity contribution is 0.439. The van der Waals surface area contributed by atoms with Crippen LogP contribution in [-0.4, -0.2) is 19.3 Å². The van der Waals surface area contributed by atoms with Crippen molar-refractivity contribution in [2.75, 3.05) is 24.7 Å². The van der Waals surface area contributed by atoms with E-state index in [9.17, 15) is 8.78 Å². The first-order valence-electron chi connectivity index (χ1n) is 4.88. The summed E-state index contributed by atoms with van der Waals surface area (Å²) in [5.41, 5.74) is 6.29. The maximum atomic E-state index is 13.5. The average Bonchev–Trinajstić information content (AvgIpc) is 2.68. The quantitative estimate of drug-likeness (QED) is 0.873. The molecule has 0 saturated heterocycles. The first-order valence-corrected chi connectivity index (χ1v) is 4.88. The van der Waals surface area contributed by atoms with Gasteiger partial charge in [0.15, 0.2) is 11.6 Å². The van der Waals surface area contributed by atoms with E-state index in [0.717, 1.165) is 6.07 Å². The summed E-state index contributed by atoms with van der Waals surface area (Å²) in [4.78, 5) is 1.48. The zero-order chi connectivity index (χ0) is 12.6. The molecule has 0 fully saturated rings. The Morgan fingerprint density at radius 3 is 2.47 bits per heavy atom. The van der Waals surface area contributed by atoms with Crippen molar-refractivity contribution in [1.29, 1.82) is 0 Å². The smallest absolute Gasteiger partial charge is 0.222 e. The predicted octanol–water partition coefficient (Wildman–Crippen LogP) is 2.27. The van der Waals surface area contributed by atoms with Gasteiger partial charge in [-0.1, -0.05) is 5.16 Å². The van der Waals surface area contributed by atoms with Crippen molar-refractivity contribution >= 4 is 11.6 Å². The van der Waals surface area contributed by atoms with Gasteiger partial charge in [-0.15, -0.1) is 0 Å². The fourth-order valence-electron chi connectivity index (χ4n) is 1.47. The van der Waals surface area contributed by atoms with E-state index in [1.165, 1.54) is 17.0 Å². The van der Waals surface area contributed by atoms with Gasteiger partial charge in [0.2, 0.25) is 5.88 Å². The van der Waals surface area contributed by atoms with Crippen LogP contribution in [-0.2, 0) is 0 Å². The molecule has 17 heavy (non-hydrogen) atoms. The molecule has 4 nitrogen and oxygen atoms in total. The normalized spacial score (nSPS) is 10.6. The summed E-state index contributed by atoms with van der Waals surface area (Å²) in [6.45, 7) is 0. The number of nitrogen functional groups attached to an aromatic ring is 1. The molecular weight excluding hydrogens is 228 g/mol. The summed E-state index contributed by atoms with van der Waals surface area (Å²) in [7, 11) is 3.25. The summed E-state index contributed by atoms with van der Waals surface area (Å²) in [5.74, 6) is -1.71. The van der Waals surface area contributed by atoms with Crippen LogP contribution in [0.3, 0.4) is 0 Å². The summed E-state index contributed by atoms with van der Waals surface area (Å²) in [6.07, 6.45) is 0. The lowest BCUT2D eigenvalue weighted by atomic mass is 10.1. The second-order valence-corrected chi connectivity index (χ2v) is 3.80. The van der Waals surface area contributed by atoms with Crippen molar-refractivity contribution in [1.82, 2.24) is 5.16 Å². The van der Waals surface area contributed by atoms with Crippen LogP contribution < -0.4 is 10.6 Å². The predicted molar refractivity (Wildman–Crippen MR) is 60.6 cm³/mol. The summed E-state index contributed by atoms with van der Waals surface area (Å²) in [6, 6.07) is 3.99. The molecule has 0 aliphatic rings. The van der Waals surface area contributed by atoms with Crippen molar-refractivity contribution < 1.29 is 13.3 Å². The lowest BCUT2D eigenvalue weighted by Crippen LogP contribution is -2.11. The number of aromatic nitrogens is 1. The topological polar surface area (TPSA) is 55.3 Å². The largest absolute Gasteiger partial charge is 0.375 e. The van der Waals surface area contributed by atoms with Gasteiger partial charge in [-0.2, -0.15) is 0 Å². The Balaban J connectivity index is 2.56. The van der Waals surface area contributed by atoms with Crippen LogP contribution >= 0.6 is 0 Å². The molecule has 2 rings (SSSR count). The van der Waals surface area contributed by atoms with E-state index in [0.29, 0.717) is 11.3 Å². The summed E-state index contributed by atoms with van der Waals surface area (Å²) >= 11 is 0. The minimum absolute atomic E-state index is 0.121. The second-order valence-electron chi connectivity index (χ2n) is 3.80. The molecule has 0 atom stereocenters. The van der Waals surface area contributed by atoms with Crippen LogP contribution in [0.15, 0.2) is 22.7 Å². The van der Waals surface area contributed by atoms with Crippen molar-refractivity contribution in [2.24, 2.45) is 0 Å². The molecule has 1 aromatic carbocycles. The zero-order valence-electron chi connectivity index (χ0n) is 9.37. The molecule has 2 aromatic rings. The number of rotatable bonds is 2. The first kappa shape index (κ1) is 11.4. The Hall–Kier alpha value is -2.11. The van der Waals surface area contributed by atoms with E-state index in [1.807, 2.05) is 0 Å². The van der Waals surface area contributed by atoms with Gasteiger partial charge < -0.3 is 15.2 Å². The Kier molecular flexibility index (Phi) is 2.71. The van der Waals surface area contributed by atoms with E-state index in [-0.39, 0.29) is 11.6 Å². The number of halogens is 2. The van der Waals surface area contributed by atoms with Crippen LogP contribution in [0, 0.1) is 11.6 Å². The van der Waals surface area contributed by atoms with Crippen molar-refractivity contribution in [2.45, 2.75) is 0 Å². The third-order valence-electron chi connectivity index (χ3n) is 2.31. The molecule has 0 unspecified atom stereocenters. The molecule has 2 N–H and O–H groups in total. The highest BCUT2D eigenvalue weighted by Crippen LogP contribution is 2.28. The Morgan fingerprint density at radius 1 is 1.24 bits per heavy atom. The van der Waals surface area contributed by atoms with Crippen LogP contribution in [0.2, 0.25) is 0 Å². The standard InChI is InChI=1S/C11H11F2N3O/c1-16(2)9-4-6(3-7(12)11(9)13)8-5-10(14)17-15-8/h3-5H,14H2,1-2H3. The molecule has 1 aromatic heterocycles. The SMILES string of the molecule is CN(C)c1cc(-c2cc(N)on2)cc(F)c1F. The zero-order valence-corrected chi connectivity index (χ0v) is 9.37. The van der Waals surface area contributed by atoms with E-state index >= 15 is 0 Å². The van der Waals surface area contributed by atoms with Crippen molar-refractivity contribution in [3.05, 3.63) is 29.8 Å². The van der Waals surface area contributed by atoms with Crippen molar-refractivity contribution in [3.8, 4) is 11.3 Å². The van der Waals surface area contributed by atoms with Crippen LogP contribution in [0.1, 0.15) is 0 Å². The Morgan fingerprint density at radius 2 is 1.94 bits per heavy atom. The average molecular weight is 239 g/mol. The van der Waals surface area contributed by atoms with E-state index in [2.05, 4.69) is 9.68 Å². The van der Waals surface area contributed by atoms with Gasteiger partial charge in [-0.25, -0.2) is 8.78 Å². The van der Waals surface area contributed by atoms with Crippen molar-refractivity contribution in [3.63, 3.8) is 0 Å². The number of benzene rings is 1. The summed E-state index contributed by atoms with van der Waals surface area (Å²) < 4.78 is 31.6. The van der Waals surface area contributed by atoms with E-state index in [1.54, 1.807) is 14.1 Å². The number of anilines is 2. The van der Waals surface area contributed by atoms with Gasteiger partial charge in [0, 0.05) is 25.7 Å². The number of hydrogen-bond donors (Lipinski definition) is 1. The van der Waals surface area contributed by atoms with Crippen LogP contribution in [0.4, 0.5) is 20.4 Å². The minimum Gasteiger partial charge on any atom is -0.375 e.